The molecule has 0 radical (unpaired) electrons. The average Bonchev–Trinajstić information content (AvgIpc) is 3.14. The summed E-state index contributed by atoms with van der Waals surface area (Å²) in [7, 11) is 1.81. The first kappa shape index (κ1) is 26.0. The first-order valence-corrected chi connectivity index (χ1v) is 11.1. The van der Waals surface area contributed by atoms with Crippen molar-refractivity contribution in [2.24, 2.45) is 16.8 Å². The van der Waals surface area contributed by atoms with Crippen molar-refractivity contribution >= 4 is 47.4 Å². The van der Waals surface area contributed by atoms with Crippen molar-refractivity contribution in [1.82, 2.24) is 15.5 Å². The summed E-state index contributed by atoms with van der Waals surface area (Å²) in [6.07, 6.45) is 2.86. The summed E-state index contributed by atoms with van der Waals surface area (Å²) in [6, 6.07) is 4.30. The number of halogens is 1. The molecule has 2 heterocycles. The Hall–Kier alpha value is -1.03. The van der Waals surface area contributed by atoms with E-state index in [4.69, 9.17) is 4.74 Å². The minimum absolute atomic E-state index is 0. The molecule has 1 unspecified atom stereocenters. The molecule has 1 atom stereocenters. The molecule has 8 heteroatoms. The molecule has 6 nitrogen and oxygen atoms in total. The number of aliphatic imine (C=N–C) groups is 1. The molecule has 1 aliphatic heterocycles. The van der Waals surface area contributed by atoms with Gasteiger partial charge in [0.25, 0.3) is 0 Å². The number of carbonyl (C=O) groups excluding carboxylic acids is 1. The number of nitrogens with zero attached hydrogens (tertiary/aromatic N) is 2. The van der Waals surface area contributed by atoms with Gasteiger partial charge in [-0.2, -0.15) is 0 Å². The molecule has 0 spiro atoms. The number of likely N-dealkylation sites (tertiary alicyclic amines) is 1. The fourth-order valence-electron chi connectivity index (χ4n) is 3.22. The van der Waals surface area contributed by atoms with E-state index < -0.39 is 5.60 Å². The van der Waals surface area contributed by atoms with E-state index in [0.29, 0.717) is 11.8 Å². The Morgan fingerprint density at radius 1 is 1.34 bits per heavy atom. The molecule has 0 bridgehead atoms. The Bertz CT molecular complexity index is 623. The molecular formula is C21H37IN4O2S. The lowest BCUT2D eigenvalue weighted by molar-refractivity contribution is 0.0185. The number of carbonyl (C=O) groups is 1. The smallest absolute Gasteiger partial charge is 0.410 e. The third-order valence-electron chi connectivity index (χ3n) is 4.80. The van der Waals surface area contributed by atoms with Gasteiger partial charge < -0.3 is 20.3 Å². The first-order valence-electron chi connectivity index (χ1n) is 10.2. The molecule has 1 saturated heterocycles. The monoisotopic (exact) mass is 536 g/mol. The van der Waals surface area contributed by atoms with Crippen molar-refractivity contribution in [2.75, 3.05) is 33.2 Å². The topological polar surface area (TPSA) is 66.0 Å². The summed E-state index contributed by atoms with van der Waals surface area (Å²) in [5, 5.41) is 9.00. The van der Waals surface area contributed by atoms with Gasteiger partial charge in [-0.25, -0.2) is 4.79 Å². The molecule has 2 N–H and O–H groups in total. The molecule has 166 valence electrons. The summed E-state index contributed by atoms with van der Waals surface area (Å²) in [6.45, 7) is 11.3. The first-order chi connectivity index (χ1) is 13.3. The highest BCUT2D eigenvalue weighted by Gasteiger charge is 2.26. The van der Waals surface area contributed by atoms with Crippen molar-refractivity contribution in [3.8, 4) is 0 Å². The van der Waals surface area contributed by atoms with Gasteiger partial charge in [0, 0.05) is 38.1 Å². The van der Waals surface area contributed by atoms with E-state index in [1.54, 1.807) is 0 Å². The van der Waals surface area contributed by atoms with Crippen LogP contribution in [0.25, 0.3) is 0 Å². The number of ether oxygens (including phenoxy) is 1. The predicted molar refractivity (Wildman–Crippen MR) is 132 cm³/mol. The molecule has 29 heavy (non-hydrogen) atoms. The maximum atomic E-state index is 12.2. The van der Waals surface area contributed by atoms with E-state index in [2.05, 4.69) is 40.1 Å². The molecule has 1 aromatic heterocycles. The van der Waals surface area contributed by atoms with Crippen LogP contribution in [0, 0.1) is 11.8 Å². The third-order valence-corrected chi connectivity index (χ3v) is 5.69. The Kier molecular flexibility index (Phi) is 11.3. The van der Waals surface area contributed by atoms with Crippen LogP contribution in [0.4, 0.5) is 4.79 Å². The fourth-order valence-corrected chi connectivity index (χ4v) is 4.09. The van der Waals surface area contributed by atoms with Gasteiger partial charge in [-0.3, -0.25) is 4.99 Å². The number of hydrogen-bond acceptors (Lipinski definition) is 4. The van der Waals surface area contributed by atoms with E-state index in [0.717, 1.165) is 51.4 Å². The van der Waals surface area contributed by atoms with E-state index >= 15 is 0 Å². The lowest BCUT2D eigenvalue weighted by Gasteiger charge is -2.33. The maximum absolute atomic E-state index is 12.2. The van der Waals surface area contributed by atoms with Gasteiger partial charge in [-0.1, -0.05) is 13.0 Å². The number of hydrogen-bond donors (Lipinski definition) is 2. The third kappa shape index (κ3) is 10.0. The quantitative estimate of drug-likeness (QED) is 0.322. The second kappa shape index (κ2) is 12.6. The second-order valence-corrected chi connectivity index (χ2v) is 9.67. The number of rotatable bonds is 6. The molecular weight excluding hydrogens is 499 g/mol. The lowest BCUT2D eigenvalue weighted by atomic mass is 9.97. The van der Waals surface area contributed by atoms with Crippen LogP contribution >= 0.6 is 35.3 Å². The van der Waals surface area contributed by atoms with Gasteiger partial charge in [0.05, 0.1) is 0 Å². The van der Waals surface area contributed by atoms with Crippen molar-refractivity contribution in [2.45, 2.75) is 52.6 Å². The van der Waals surface area contributed by atoms with Gasteiger partial charge in [0.2, 0.25) is 0 Å². The SMILES string of the molecule is CN=C(NCC(C)Cc1cccs1)NCC1CCN(C(=O)OC(C)(C)C)CC1.I. The molecule has 0 aromatic carbocycles. The van der Waals surface area contributed by atoms with Gasteiger partial charge in [0.1, 0.15) is 5.60 Å². The maximum Gasteiger partial charge on any atom is 0.410 e. The van der Waals surface area contributed by atoms with Gasteiger partial charge >= 0.3 is 6.09 Å². The number of piperidine rings is 1. The van der Waals surface area contributed by atoms with Gasteiger partial charge in [-0.05, 0) is 63.3 Å². The molecule has 1 fully saturated rings. The summed E-state index contributed by atoms with van der Waals surface area (Å²) < 4.78 is 5.46. The van der Waals surface area contributed by atoms with Crippen LogP contribution in [0.1, 0.15) is 45.4 Å². The molecule has 0 saturated carbocycles. The molecule has 0 aliphatic carbocycles. The van der Waals surface area contributed by atoms with Crippen molar-refractivity contribution in [3.63, 3.8) is 0 Å². The van der Waals surface area contributed by atoms with E-state index in [1.807, 2.05) is 44.1 Å². The number of guanidine groups is 1. The molecule has 1 aliphatic rings. The fraction of sp³-hybridized carbons (Fsp3) is 0.714. The minimum Gasteiger partial charge on any atom is -0.444 e. The van der Waals surface area contributed by atoms with Crippen LogP contribution < -0.4 is 10.6 Å². The van der Waals surface area contributed by atoms with E-state index in [-0.39, 0.29) is 30.1 Å². The van der Waals surface area contributed by atoms with Crippen LogP contribution in [0.3, 0.4) is 0 Å². The standard InChI is InChI=1S/C21H36N4O2S.HI/c1-16(13-18-7-6-12-28-18)14-23-19(22-5)24-15-17-8-10-25(11-9-17)20(26)27-21(2,3)4;/h6-7,12,16-17H,8-11,13-15H2,1-5H3,(H2,22,23,24);1H. The van der Waals surface area contributed by atoms with Crippen LogP contribution in [0.2, 0.25) is 0 Å². The average molecular weight is 537 g/mol. The number of nitrogens with one attached hydrogen (secondary N) is 2. The van der Waals surface area contributed by atoms with Crippen LogP contribution in [0.15, 0.2) is 22.5 Å². The number of thiophene rings is 1. The lowest BCUT2D eigenvalue weighted by Crippen LogP contribution is -2.45. The largest absolute Gasteiger partial charge is 0.444 e. The van der Waals surface area contributed by atoms with Gasteiger partial charge in [-0.15, -0.1) is 35.3 Å². The number of amides is 1. The van der Waals surface area contributed by atoms with Crippen molar-refractivity contribution in [1.29, 1.82) is 0 Å². The summed E-state index contributed by atoms with van der Waals surface area (Å²) in [4.78, 5) is 19.7. The molecule has 2 rings (SSSR count). The highest BCUT2D eigenvalue weighted by Crippen LogP contribution is 2.19. The molecule has 1 aromatic rings. The van der Waals surface area contributed by atoms with Crippen LogP contribution in [-0.2, 0) is 11.2 Å². The Labute approximate surface area is 196 Å². The Balaban J connectivity index is 0.00000420. The Morgan fingerprint density at radius 2 is 2.03 bits per heavy atom. The van der Waals surface area contributed by atoms with Crippen molar-refractivity contribution in [3.05, 3.63) is 22.4 Å². The minimum atomic E-state index is -0.436. The second-order valence-electron chi connectivity index (χ2n) is 8.63. The van der Waals surface area contributed by atoms with E-state index in [1.165, 1.54) is 4.88 Å². The highest BCUT2D eigenvalue weighted by atomic mass is 127. The van der Waals surface area contributed by atoms with Crippen LogP contribution in [0.5, 0.6) is 0 Å². The highest BCUT2D eigenvalue weighted by molar-refractivity contribution is 14.0. The molecule has 1 amide bonds. The zero-order valence-corrected chi connectivity index (χ0v) is 21.5. The summed E-state index contributed by atoms with van der Waals surface area (Å²) >= 11 is 1.81. The van der Waals surface area contributed by atoms with E-state index in [9.17, 15) is 4.79 Å². The van der Waals surface area contributed by atoms with Crippen LogP contribution in [-0.4, -0.2) is 55.8 Å². The summed E-state index contributed by atoms with van der Waals surface area (Å²) in [5.74, 6) is 1.95. The van der Waals surface area contributed by atoms with Gasteiger partial charge in [0.15, 0.2) is 5.96 Å². The summed E-state index contributed by atoms with van der Waals surface area (Å²) in [5.41, 5.74) is -0.436. The normalized spacial score (nSPS) is 16.7. The zero-order valence-electron chi connectivity index (χ0n) is 18.4. The zero-order chi connectivity index (χ0) is 20.6. The predicted octanol–water partition coefficient (Wildman–Crippen LogP) is 4.36. The Morgan fingerprint density at radius 3 is 2.59 bits per heavy atom. The van der Waals surface area contributed by atoms with Crippen molar-refractivity contribution < 1.29 is 9.53 Å².